The van der Waals surface area contributed by atoms with Crippen LogP contribution in [0.3, 0.4) is 0 Å². The molecule has 0 aliphatic carbocycles. The first-order chi connectivity index (χ1) is 12.5. The van der Waals surface area contributed by atoms with Gasteiger partial charge in [-0.1, -0.05) is 71.7 Å². The van der Waals surface area contributed by atoms with Crippen molar-refractivity contribution in [3.8, 4) is 16.9 Å². The maximum absolute atomic E-state index is 11.6. The van der Waals surface area contributed by atoms with Crippen LogP contribution < -0.4 is 4.74 Å². The molecule has 0 aliphatic heterocycles. The molecule has 0 amide bonds. The molecule has 0 saturated carbocycles. The Bertz CT molecular complexity index is 893. The molecule has 0 aromatic heterocycles. The molecule has 0 fully saturated rings. The van der Waals surface area contributed by atoms with Crippen molar-refractivity contribution in [3.05, 3.63) is 88.4 Å². The second kappa shape index (κ2) is 8.26. The zero-order valence-electron chi connectivity index (χ0n) is 13.7. The molecule has 5 heteroatoms. The summed E-state index contributed by atoms with van der Waals surface area (Å²) in [6.07, 6.45) is -0.832. The van der Waals surface area contributed by atoms with Crippen LogP contribution in [0.2, 0.25) is 10.0 Å². The van der Waals surface area contributed by atoms with Gasteiger partial charge in [-0.15, -0.1) is 0 Å². The van der Waals surface area contributed by atoms with Gasteiger partial charge in [0.05, 0.1) is 10.0 Å². The highest BCUT2D eigenvalue weighted by Gasteiger charge is 2.20. The minimum atomic E-state index is -1.04. The summed E-state index contributed by atoms with van der Waals surface area (Å²) in [5.41, 5.74) is 2.87. The average molecular weight is 387 g/mol. The third-order valence-electron chi connectivity index (χ3n) is 3.92. The Kier molecular flexibility index (Phi) is 5.82. The predicted molar refractivity (Wildman–Crippen MR) is 104 cm³/mol. The van der Waals surface area contributed by atoms with Crippen LogP contribution in [0.5, 0.6) is 5.75 Å². The number of halogens is 2. The molecule has 0 bridgehead atoms. The summed E-state index contributed by atoms with van der Waals surface area (Å²) >= 11 is 11.9. The molecule has 0 aliphatic rings. The van der Waals surface area contributed by atoms with E-state index in [9.17, 15) is 9.90 Å². The largest absolute Gasteiger partial charge is 0.478 e. The van der Waals surface area contributed by atoms with Gasteiger partial charge in [-0.3, -0.25) is 0 Å². The Morgan fingerprint density at radius 3 is 2.15 bits per heavy atom. The molecule has 3 nitrogen and oxygen atoms in total. The van der Waals surface area contributed by atoms with Crippen LogP contribution >= 0.6 is 23.2 Å². The Labute approximate surface area is 161 Å². The summed E-state index contributed by atoms with van der Waals surface area (Å²) in [4.78, 5) is 11.6. The Morgan fingerprint density at radius 2 is 1.54 bits per heavy atom. The first-order valence-electron chi connectivity index (χ1n) is 8.02. The summed E-state index contributed by atoms with van der Waals surface area (Å²) < 4.78 is 5.67. The van der Waals surface area contributed by atoms with Crippen LogP contribution in [-0.2, 0) is 11.2 Å². The van der Waals surface area contributed by atoms with Crippen molar-refractivity contribution in [3.63, 3.8) is 0 Å². The van der Waals surface area contributed by atoms with E-state index in [1.165, 1.54) is 0 Å². The van der Waals surface area contributed by atoms with E-state index in [0.717, 1.165) is 16.7 Å². The van der Waals surface area contributed by atoms with E-state index in [1.807, 2.05) is 42.5 Å². The molecular weight excluding hydrogens is 371 g/mol. The van der Waals surface area contributed by atoms with Crippen LogP contribution in [-0.4, -0.2) is 17.2 Å². The van der Waals surface area contributed by atoms with Gasteiger partial charge < -0.3 is 9.84 Å². The minimum absolute atomic E-state index is 0.187. The highest BCUT2D eigenvalue weighted by Crippen LogP contribution is 2.25. The van der Waals surface area contributed by atoms with E-state index in [0.29, 0.717) is 15.8 Å². The molecule has 0 unspecified atom stereocenters. The maximum atomic E-state index is 11.6. The Hall–Kier alpha value is -2.49. The summed E-state index contributed by atoms with van der Waals surface area (Å²) in [5, 5.41) is 10.3. The zero-order chi connectivity index (χ0) is 18.5. The van der Waals surface area contributed by atoms with E-state index >= 15 is 0 Å². The molecule has 3 aromatic rings. The molecule has 132 valence electrons. The number of benzene rings is 3. The standard InChI is InChI=1S/C21H16Cl2O3/c22-18-11-6-14(12-19(18)23)13-20(21(24)25)26-17-9-7-16(8-10-17)15-4-2-1-3-5-15/h1-12,20H,13H2,(H,24,25)/t20-/m1/s1. The smallest absolute Gasteiger partial charge is 0.345 e. The highest BCUT2D eigenvalue weighted by molar-refractivity contribution is 6.42. The summed E-state index contributed by atoms with van der Waals surface area (Å²) in [5.74, 6) is -0.541. The lowest BCUT2D eigenvalue weighted by Crippen LogP contribution is -2.29. The number of hydrogen-bond donors (Lipinski definition) is 1. The van der Waals surface area contributed by atoms with Gasteiger partial charge >= 0.3 is 5.97 Å². The molecular formula is C21H16Cl2O3. The predicted octanol–water partition coefficient (Wildman–Crippen LogP) is 5.74. The topological polar surface area (TPSA) is 46.5 Å². The highest BCUT2D eigenvalue weighted by atomic mass is 35.5. The van der Waals surface area contributed by atoms with Gasteiger partial charge in [-0.05, 0) is 41.0 Å². The second-order valence-electron chi connectivity index (χ2n) is 5.79. The number of ether oxygens (including phenoxy) is 1. The van der Waals surface area contributed by atoms with Gasteiger partial charge in [0.2, 0.25) is 0 Å². The maximum Gasteiger partial charge on any atom is 0.345 e. The molecule has 3 rings (SSSR count). The van der Waals surface area contributed by atoms with Crippen LogP contribution in [0.1, 0.15) is 5.56 Å². The number of carbonyl (C=O) groups is 1. The van der Waals surface area contributed by atoms with Crippen LogP contribution in [0.15, 0.2) is 72.8 Å². The number of aliphatic carboxylic acids is 1. The summed E-state index contributed by atoms with van der Waals surface area (Å²) in [6, 6.07) is 22.3. The summed E-state index contributed by atoms with van der Waals surface area (Å²) in [6.45, 7) is 0. The first kappa shape index (κ1) is 18.3. The fourth-order valence-electron chi connectivity index (χ4n) is 2.58. The van der Waals surface area contributed by atoms with E-state index in [4.69, 9.17) is 27.9 Å². The second-order valence-corrected chi connectivity index (χ2v) is 6.60. The minimum Gasteiger partial charge on any atom is -0.478 e. The molecule has 1 N–H and O–H groups in total. The van der Waals surface area contributed by atoms with Gasteiger partial charge in [0.1, 0.15) is 5.75 Å². The monoisotopic (exact) mass is 386 g/mol. The third-order valence-corrected chi connectivity index (χ3v) is 4.66. The van der Waals surface area contributed by atoms with Crippen molar-refractivity contribution < 1.29 is 14.6 Å². The van der Waals surface area contributed by atoms with Crippen LogP contribution in [0.4, 0.5) is 0 Å². The molecule has 0 saturated heterocycles. The number of rotatable bonds is 6. The molecule has 0 spiro atoms. The van der Waals surface area contributed by atoms with Crippen LogP contribution in [0, 0.1) is 0 Å². The van der Waals surface area contributed by atoms with Crippen molar-refractivity contribution in [2.45, 2.75) is 12.5 Å². The normalized spacial score (nSPS) is 11.8. The van der Waals surface area contributed by atoms with Gasteiger partial charge in [-0.2, -0.15) is 0 Å². The first-order valence-corrected chi connectivity index (χ1v) is 8.77. The van der Waals surface area contributed by atoms with E-state index in [2.05, 4.69) is 0 Å². The summed E-state index contributed by atoms with van der Waals surface area (Å²) in [7, 11) is 0. The lowest BCUT2D eigenvalue weighted by Gasteiger charge is -2.16. The quantitative estimate of drug-likeness (QED) is 0.587. The number of carboxylic acid groups (broad SMARTS) is 1. The molecule has 3 aromatic carbocycles. The van der Waals surface area contributed by atoms with E-state index in [1.54, 1.807) is 30.3 Å². The van der Waals surface area contributed by atoms with Crippen LogP contribution in [0.25, 0.3) is 11.1 Å². The van der Waals surface area contributed by atoms with Crippen molar-refractivity contribution in [1.82, 2.24) is 0 Å². The number of hydrogen-bond acceptors (Lipinski definition) is 2. The van der Waals surface area contributed by atoms with Gasteiger partial charge in [-0.25, -0.2) is 4.79 Å². The molecule has 0 heterocycles. The lowest BCUT2D eigenvalue weighted by molar-refractivity contribution is -0.145. The third kappa shape index (κ3) is 4.57. The fourth-order valence-corrected chi connectivity index (χ4v) is 2.90. The molecule has 0 radical (unpaired) electrons. The lowest BCUT2D eigenvalue weighted by atomic mass is 10.1. The molecule has 1 atom stereocenters. The van der Waals surface area contributed by atoms with Gasteiger partial charge in [0.15, 0.2) is 6.10 Å². The SMILES string of the molecule is O=C(O)[C@@H](Cc1ccc(Cl)c(Cl)c1)Oc1ccc(-c2ccccc2)cc1. The van der Waals surface area contributed by atoms with E-state index < -0.39 is 12.1 Å². The van der Waals surface area contributed by atoms with Crippen molar-refractivity contribution in [2.24, 2.45) is 0 Å². The van der Waals surface area contributed by atoms with Crippen molar-refractivity contribution in [1.29, 1.82) is 0 Å². The zero-order valence-corrected chi connectivity index (χ0v) is 15.2. The van der Waals surface area contributed by atoms with Crippen molar-refractivity contribution in [2.75, 3.05) is 0 Å². The number of carboxylic acids is 1. The fraction of sp³-hybridized carbons (Fsp3) is 0.0952. The molecule has 26 heavy (non-hydrogen) atoms. The average Bonchev–Trinajstić information content (AvgIpc) is 2.65. The Morgan fingerprint density at radius 1 is 0.885 bits per heavy atom. The van der Waals surface area contributed by atoms with E-state index in [-0.39, 0.29) is 6.42 Å². The van der Waals surface area contributed by atoms with Crippen molar-refractivity contribution >= 4 is 29.2 Å². The van der Waals surface area contributed by atoms with Gasteiger partial charge in [0.25, 0.3) is 0 Å². The Balaban J connectivity index is 1.73. The van der Waals surface area contributed by atoms with Gasteiger partial charge in [0, 0.05) is 6.42 Å².